The van der Waals surface area contributed by atoms with Gasteiger partial charge in [-0.15, -0.1) is 11.6 Å². The summed E-state index contributed by atoms with van der Waals surface area (Å²) in [4.78, 5) is 11.7. The number of benzene rings is 1. The molecule has 17 heavy (non-hydrogen) atoms. The van der Waals surface area contributed by atoms with Gasteiger partial charge in [-0.1, -0.05) is 6.07 Å². The van der Waals surface area contributed by atoms with E-state index < -0.39 is 28.5 Å². The van der Waals surface area contributed by atoms with E-state index in [0.717, 1.165) is 6.07 Å². The molecule has 1 unspecified atom stereocenters. The smallest absolute Gasteiger partial charge is 0.243 e. The zero-order valence-corrected chi connectivity index (χ0v) is 10.6. The summed E-state index contributed by atoms with van der Waals surface area (Å²) in [7, 11) is 0. The first-order valence-corrected chi connectivity index (χ1v) is 5.55. The number of hydrogen-bond donors (Lipinski definition) is 1. The second-order valence-electron chi connectivity index (χ2n) is 4.77. The van der Waals surface area contributed by atoms with Crippen LogP contribution >= 0.6 is 11.6 Å². The van der Waals surface area contributed by atoms with Crippen LogP contribution in [0.15, 0.2) is 18.2 Å². The van der Waals surface area contributed by atoms with E-state index in [2.05, 4.69) is 5.32 Å². The number of amides is 1. The molecule has 0 radical (unpaired) electrons. The lowest BCUT2D eigenvalue weighted by atomic mass is 10.1. The first-order chi connectivity index (χ1) is 7.70. The second kappa shape index (κ2) is 5.00. The zero-order valence-electron chi connectivity index (χ0n) is 9.85. The molecule has 94 valence electrons. The van der Waals surface area contributed by atoms with Crippen LogP contribution in [0.3, 0.4) is 0 Å². The summed E-state index contributed by atoms with van der Waals surface area (Å²) in [5.74, 6) is -2.04. The summed E-state index contributed by atoms with van der Waals surface area (Å²) in [5, 5.41) is 1.46. The van der Waals surface area contributed by atoms with Crippen molar-refractivity contribution < 1.29 is 13.6 Å². The highest BCUT2D eigenvalue weighted by molar-refractivity contribution is 6.30. The Kier molecular flexibility index (Phi) is 4.09. The molecule has 5 heteroatoms. The highest BCUT2D eigenvalue weighted by Gasteiger charge is 2.24. The lowest BCUT2D eigenvalue weighted by Gasteiger charge is -2.22. The molecule has 2 nitrogen and oxygen atoms in total. The lowest BCUT2D eigenvalue weighted by Crippen LogP contribution is -2.42. The number of rotatable bonds is 2. The molecule has 0 spiro atoms. The van der Waals surface area contributed by atoms with Crippen LogP contribution in [0.4, 0.5) is 8.78 Å². The van der Waals surface area contributed by atoms with Gasteiger partial charge in [0.15, 0.2) is 0 Å². The van der Waals surface area contributed by atoms with E-state index in [4.69, 9.17) is 11.6 Å². The van der Waals surface area contributed by atoms with Gasteiger partial charge in [0.2, 0.25) is 5.91 Å². The normalized spacial score (nSPS) is 13.3. The maximum atomic E-state index is 13.4. The molecule has 0 aromatic heterocycles. The van der Waals surface area contributed by atoms with Crippen molar-refractivity contribution in [1.82, 2.24) is 5.32 Å². The number of nitrogens with one attached hydrogen (secondary N) is 1. The Hall–Kier alpha value is -1.16. The van der Waals surface area contributed by atoms with Crippen LogP contribution in [0.5, 0.6) is 0 Å². The van der Waals surface area contributed by atoms with Gasteiger partial charge in [-0.25, -0.2) is 8.78 Å². The first-order valence-electron chi connectivity index (χ1n) is 5.12. The van der Waals surface area contributed by atoms with E-state index in [-0.39, 0.29) is 5.56 Å². The van der Waals surface area contributed by atoms with Gasteiger partial charge in [0.05, 0.1) is 0 Å². The molecule has 0 aliphatic carbocycles. The van der Waals surface area contributed by atoms with Gasteiger partial charge >= 0.3 is 0 Å². The largest absolute Gasteiger partial charge is 0.350 e. The predicted octanol–water partition coefficient (Wildman–Crippen LogP) is 3.16. The molecule has 0 aliphatic rings. The van der Waals surface area contributed by atoms with Crippen LogP contribution in [0.1, 0.15) is 31.7 Å². The number of alkyl halides is 1. The minimum Gasteiger partial charge on any atom is -0.350 e. The average Bonchev–Trinajstić information content (AvgIpc) is 2.14. The van der Waals surface area contributed by atoms with Gasteiger partial charge in [0.25, 0.3) is 0 Å². The predicted molar refractivity (Wildman–Crippen MR) is 62.8 cm³/mol. The standard InChI is InChI=1S/C12H14ClF2NO/c1-12(2,3)16-11(17)10(13)8-5-4-7(14)6-9(8)15/h4-6,10H,1-3H3,(H,16,17). The Morgan fingerprint density at radius 1 is 1.35 bits per heavy atom. The van der Waals surface area contributed by atoms with Crippen molar-refractivity contribution in [3.8, 4) is 0 Å². The van der Waals surface area contributed by atoms with E-state index >= 15 is 0 Å². The Bertz CT molecular complexity index is 429. The fourth-order valence-electron chi connectivity index (χ4n) is 1.28. The second-order valence-corrected chi connectivity index (χ2v) is 5.20. The molecule has 1 atom stereocenters. The maximum Gasteiger partial charge on any atom is 0.243 e. The summed E-state index contributed by atoms with van der Waals surface area (Å²) >= 11 is 5.85. The lowest BCUT2D eigenvalue weighted by molar-refractivity contribution is -0.122. The van der Waals surface area contributed by atoms with Gasteiger partial charge in [-0.2, -0.15) is 0 Å². The molecule has 1 aromatic rings. The molecule has 0 saturated carbocycles. The SMILES string of the molecule is CC(C)(C)NC(=O)C(Cl)c1ccc(F)cc1F. The summed E-state index contributed by atoms with van der Waals surface area (Å²) in [5.41, 5.74) is -0.490. The minimum absolute atomic E-state index is 0.0326. The van der Waals surface area contributed by atoms with Crippen molar-refractivity contribution in [2.24, 2.45) is 0 Å². The Morgan fingerprint density at radius 3 is 2.41 bits per heavy atom. The van der Waals surface area contributed by atoms with Crippen molar-refractivity contribution in [3.05, 3.63) is 35.4 Å². The van der Waals surface area contributed by atoms with Crippen LogP contribution in [0.2, 0.25) is 0 Å². The minimum atomic E-state index is -1.17. The van der Waals surface area contributed by atoms with Gasteiger partial charge in [-0.05, 0) is 26.8 Å². The van der Waals surface area contributed by atoms with Crippen molar-refractivity contribution in [2.45, 2.75) is 31.7 Å². The Morgan fingerprint density at radius 2 is 1.94 bits per heavy atom. The van der Waals surface area contributed by atoms with Crippen LogP contribution < -0.4 is 5.32 Å². The van der Waals surface area contributed by atoms with E-state index in [0.29, 0.717) is 6.07 Å². The highest BCUT2D eigenvalue weighted by Crippen LogP contribution is 2.24. The van der Waals surface area contributed by atoms with Gasteiger partial charge in [0.1, 0.15) is 17.0 Å². The zero-order chi connectivity index (χ0) is 13.2. The van der Waals surface area contributed by atoms with Crippen LogP contribution in [0.25, 0.3) is 0 Å². The number of carbonyl (C=O) groups is 1. The van der Waals surface area contributed by atoms with Crippen molar-refractivity contribution >= 4 is 17.5 Å². The fourth-order valence-corrected chi connectivity index (χ4v) is 1.51. The third kappa shape index (κ3) is 3.97. The van der Waals surface area contributed by atoms with Crippen LogP contribution in [0, 0.1) is 11.6 Å². The molecule has 0 fully saturated rings. The van der Waals surface area contributed by atoms with Crippen molar-refractivity contribution in [2.75, 3.05) is 0 Å². The quantitative estimate of drug-likeness (QED) is 0.814. The molecule has 0 heterocycles. The van der Waals surface area contributed by atoms with E-state index in [1.54, 1.807) is 20.8 Å². The summed E-state index contributed by atoms with van der Waals surface area (Å²) in [6.45, 7) is 5.36. The third-order valence-electron chi connectivity index (χ3n) is 1.96. The number of hydrogen-bond acceptors (Lipinski definition) is 1. The monoisotopic (exact) mass is 261 g/mol. The summed E-state index contributed by atoms with van der Waals surface area (Å²) in [6.07, 6.45) is 0. The first kappa shape index (κ1) is 13.9. The van der Waals surface area contributed by atoms with E-state index in [9.17, 15) is 13.6 Å². The van der Waals surface area contributed by atoms with Crippen LogP contribution in [-0.4, -0.2) is 11.4 Å². The van der Waals surface area contributed by atoms with Gasteiger partial charge in [-0.3, -0.25) is 4.79 Å². The summed E-state index contributed by atoms with van der Waals surface area (Å²) < 4.78 is 26.1. The Labute approximate surface area is 104 Å². The summed E-state index contributed by atoms with van der Waals surface area (Å²) in [6, 6.07) is 2.94. The number of carbonyl (C=O) groups excluding carboxylic acids is 1. The molecule has 0 bridgehead atoms. The van der Waals surface area contributed by atoms with Crippen molar-refractivity contribution in [1.29, 1.82) is 0 Å². The maximum absolute atomic E-state index is 13.4. The van der Waals surface area contributed by atoms with E-state index in [1.165, 1.54) is 6.07 Å². The third-order valence-corrected chi connectivity index (χ3v) is 2.40. The van der Waals surface area contributed by atoms with Gasteiger partial charge in [0, 0.05) is 17.2 Å². The molecule has 1 aromatic carbocycles. The number of halogens is 3. The average molecular weight is 262 g/mol. The Balaban J connectivity index is 2.89. The fraction of sp³-hybridized carbons (Fsp3) is 0.417. The highest BCUT2D eigenvalue weighted by atomic mass is 35.5. The van der Waals surface area contributed by atoms with E-state index in [1.807, 2.05) is 0 Å². The van der Waals surface area contributed by atoms with Crippen LogP contribution in [-0.2, 0) is 4.79 Å². The van der Waals surface area contributed by atoms with Crippen molar-refractivity contribution in [3.63, 3.8) is 0 Å². The topological polar surface area (TPSA) is 29.1 Å². The molecule has 1 rings (SSSR count). The molecule has 1 N–H and O–H groups in total. The van der Waals surface area contributed by atoms with Gasteiger partial charge < -0.3 is 5.32 Å². The molecular weight excluding hydrogens is 248 g/mol. The molecule has 0 aliphatic heterocycles. The molecule has 0 saturated heterocycles. The molecule has 1 amide bonds. The molecular formula is C12H14ClF2NO.